The minimum absolute atomic E-state index is 0.0663. The molecular weight excluding hydrogens is 350 g/mol. The summed E-state index contributed by atoms with van der Waals surface area (Å²) < 4.78 is 37.6. The molecule has 9 heteroatoms. The highest BCUT2D eigenvalue weighted by Crippen LogP contribution is 2.28. The van der Waals surface area contributed by atoms with Gasteiger partial charge in [-0.05, 0) is 26.0 Å². The Kier molecular flexibility index (Phi) is 4.51. The smallest absolute Gasteiger partial charge is 0.330 e. The highest BCUT2D eigenvalue weighted by Gasteiger charge is 2.15. The van der Waals surface area contributed by atoms with Crippen LogP contribution in [0.5, 0.6) is 17.8 Å². The van der Waals surface area contributed by atoms with Crippen molar-refractivity contribution in [3.63, 3.8) is 0 Å². The molecule has 0 fully saturated rings. The van der Waals surface area contributed by atoms with Crippen molar-refractivity contribution >= 4 is 21.9 Å². The van der Waals surface area contributed by atoms with E-state index >= 15 is 0 Å². The van der Waals surface area contributed by atoms with E-state index in [4.69, 9.17) is 15.2 Å². The van der Waals surface area contributed by atoms with Crippen LogP contribution < -0.4 is 15.2 Å². The van der Waals surface area contributed by atoms with Gasteiger partial charge in [0, 0.05) is 4.47 Å². The Balaban J connectivity index is 2.33. The van der Waals surface area contributed by atoms with Crippen LogP contribution >= 0.6 is 15.9 Å². The second kappa shape index (κ2) is 6.17. The number of halogens is 3. The number of aromatic nitrogens is 3. The van der Waals surface area contributed by atoms with E-state index in [1.807, 2.05) is 0 Å². The monoisotopic (exact) mass is 360 g/mol. The molecule has 0 saturated heterocycles. The highest BCUT2D eigenvalue weighted by molar-refractivity contribution is 9.10. The summed E-state index contributed by atoms with van der Waals surface area (Å²) in [6, 6.07) is 1.84. The molecule has 0 spiro atoms. The third kappa shape index (κ3) is 3.97. The van der Waals surface area contributed by atoms with E-state index in [1.54, 1.807) is 13.8 Å². The normalized spacial score (nSPS) is 10.8. The van der Waals surface area contributed by atoms with E-state index in [1.165, 1.54) is 6.07 Å². The Morgan fingerprint density at radius 2 is 1.81 bits per heavy atom. The summed E-state index contributed by atoms with van der Waals surface area (Å²) in [6.07, 6.45) is -0.195. The first kappa shape index (κ1) is 15.4. The van der Waals surface area contributed by atoms with Crippen LogP contribution in [0.2, 0.25) is 0 Å². The number of nitrogen functional groups attached to an aromatic ring is 1. The number of benzene rings is 1. The molecule has 0 radical (unpaired) electrons. The number of anilines is 1. The van der Waals surface area contributed by atoms with Crippen LogP contribution in [0.4, 0.5) is 14.7 Å². The van der Waals surface area contributed by atoms with E-state index in [0.29, 0.717) is 4.47 Å². The molecule has 1 heterocycles. The number of nitrogens with zero attached hydrogens (tertiary/aromatic N) is 3. The van der Waals surface area contributed by atoms with Crippen LogP contribution in [-0.2, 0) is 0 Å². The quantitative estimate of drug-likeness (QED) is 0.843. The lowest BCUT2D eigenvalue weighted by molar-refractivity contribution is 0.218. The van der Waals surface area contributed by atoms with Gasteiger partial charge in [-0.25, -0.2) is 4.39 Å². The molecule has 0 aliphatic rings. The van der Waals surface area contributed by atoms with E-state index in [0.717, 1.165) is 6.07 Å². The molecule has 0 saturated carbocycles. The van der Waals surface area contributed by atoms with Crippen molar-refractivity contribution in [3.05, 3.63) is 28.2 Å². The Bertz CT molecular complexity index is 670. The van der Waals surface area contributed by atoms with Crippen LogP contribution in [0.3, 0.4) is 0 Å². The highest BCUT2D eigenvalue weighted by atomic mass is 79.9. The fourth-order valence-electron chi connectivity index (χ4n) is 1.37. The van der Waals surface area contributed by atoms with Gasteiger partial charge >= 0.3 is 12.0 Å². The molecule has 1 aromatic carbocycles. The zero-order valence-electron chi connectivity index (χ0n) is 11.1. The van der Waals surface area contributed by atoms with Gasteiger partial charge in [0.15, 0.2) is 11.6 Å². The van der Waals surface area contributed by atoms with E-state index < -0.39 is 11.6 Å². The van der Waals surface area contributed by atoms with Gasteiger partial charge in [0.1, 0.15) is 0 Å². The van der Waals surface area contributed by atoms with Crippen LogP contribution in [0.1, 0.15) is 13.8 Å². The van der Waals surface area contributed by atoms with Crippen molar-refractivity contribution in [1.82, 2.24) is 15.0 Å². The summed E-state index contributed by atoms with van der Waals surface area (Å²) in [4.78, 5) is 11.3. The van der Waals surface area contributed by atoms with Gasteiger partial charge in [-0.15, -0.1) is 4.98 Å². The topological polar surface area (TPSA) is 83.2 Å². The minimum Gasteiger partial charge on any atom is -0.461 e. The molecular formula is C12H11BrF2N4O2. The van der Waals surface area contributed by atoms with Gasteiger partial charge in [-0.1, -0.05) is 15.9 Å². The third-order valence-electron chi connectivity index (χ3n) is 2.11. The van der Waals surface area contributed by atoms with Crippen molar-refractivity contribution < 1.29 is 18.3 Å². The molecule has 21 heavy (non-hydrogen) atoms. The standard InChI is InChI=1S/C12H11BrF2N4O2/c1-5(2)20-11-17-10(16)18-12(19-11)21-8-4-6(13)3-7(14)9(8)15/h3-5H,1-2H3,(H2,16,17,18,19). The van der Waals surface area contributed by atoms with Crippen molar-refractivity contribution in [3.8, 4) is 17.8 Å². The third-order valence-corrected chi connectivity index (χ3v) is 2.57. The summed E-state index contributed by atoms with van der Waals surface area (Å²) in [5.41, 5.74) is 5.49. The van der Waals surface area contributed by atoms with Crippen molar-refractivity contribution in [1.29, 1.82) is 0 Å². The number of hydrogen-bond acceptors (Lipinski definition) is 6. The molecule has 1 aromatic heterocycles. The number of hydrogen-bond donors (Lipinski definition) is 1. The van der Waals surface area contributed by atoms with Crippen molar-refractivity contribution in [2.45, 2.75) is 20.0 Å². The molecule has 0 aliphatic heterocycles. The summed E-state index contributed by atoms with van der Waals surface area (Å²) >= 11 is 3.03. The van der Waals surface area contributed by atoms with E-state index in [-0.39, 0.29) is 29.8 Å². The maximum absolute atomic E-state index is 13.6. The Morgan fingerprint density at radius 3 is 2.48 bits per heavy atom. The molecule has 0 atom stereocenters. The number of nitrogens with two attached hydrogens (primary N) is 1. The van der Waals surface area contributed by atoms with Gasteiger partial charge < -0.3 is 15.2 Å². The largest absolute Gasteiger partial charge is 0.461 e. The fourth-order valence-corrected chi connectivity index (χ4v) is 1.78. The lowest BCUT2D eigenvalue weighted by Crippen LogP contribution is -2.11. The minimum atomic E-state index is -1.16. The van der Waals surface area contributed by atoms with Crippen LogP contribution in [-0.4, -0.2) is 21.1 Å². The van der Waals surface area contributed by atoms with Gasteiger partial charge in [0.25, 0.3) is 0 Å². The van der Waals surface area contributed by atoms with E-state index in [2.05, 4.69) is 30.9 Å². The first-order valence-electron chi connectivity index (χ1n) is 5.85. The maximum Gasteiger partial charge on any atom is 0.330 e. The molecule has 2 rings (SSSR count). The van der Waals surface area contributed by atoms with Crippen molar-refractivity contribution in [2.24, 2.45) is 0 Å². The molecule has 0 unspecified atom stereocenters. The zero-order valence-corrected chi connectivity index (χ0v) is 12.7. The SMILES string of the molecule is CC(C)Oc1nc(N)nc(Oc2cc(Br)cc(F)c2F)n1. The second-order valence-electron chi connectivity index (χ2n) is 4.23. The lowest BCUT2D eigenvalue weighted by Gasteiger charge is -2.10. The molecule has 2 N–H and O–H groups in total. The van der Waals surface area contributed by atoms with Crippen LogP contribution in [0, 0.1) is 11.6 Å². The fraction of sp³-hybridized carbons (Fsp3) is 0.250. The van der Waals surface area contributed by atoms with Crippen molar-refractivity contribution in [2.75, 3.05) is 5.73 Å². The number of rotatable bonds is 4. The van der Waals surface area contributed by atoms with Gasteiger partial charge in [-0.3, -0.25) is 0 Å². The average molecular weight is 361 g/mol. The molecule has 112 valence electrons. The van der Waals surface area contributed by atoms with Gasteiger partial charge in [0.05, 0.1) is 6.10 Å². The Morgan fingerprint density at radius 1 is 1.14 bits per heavy atom. The molecule has 0 bridgehead atoms. The first-order valence-corrected chi connectivity index (χ1v) is 6.65. The Labute approximate surface area is 127 Å². The Hall–Kier alpha value is -2.03. The molecule has 0 amide bonds. The molecule has 2 aromatic rings. The van der Waals surface area contributed by atoms with Crippen LogP contribution in [0.15, 0.2) is 16.6 Å². The maximum atomic E-state index is 13.6. The average Bonchev–Trinajstić information content (AvgIpc) is 2.33. The summed E-state index contributed by atoms with van der Waals surface area (Å²) in [5, 5.41) is 0. The first-order chi connectivity index (χ1) is 9.85. The van der Waals surface area contributed by atoms with Gasteiger partial charge in [-0.2, -0.15) is 14.4 Å². The summed E-state index contributed by atoms with van der Waals surface area (Å²) in [7, 11) is 0. The lowest BCUT2D eigenvalue weighted by atomic mass is 10.3. The van der Waals surface area contributed by atoms with E-state index in [9.17, 15) is 8.78 Å². The summed E-state index contributed by atoms with van der Waals surface area (Å²) in [6.45, 7) is 3.54. The molecule has 0 aliphatic carbocycles. The van der Waals surface area contributed by atoms with Gasteiger partial charge in [0.2, 0.25) is 11.8 Å². The predicted octanol–water partition coefficient (Wildman–Crippen LogP) is 3.07. The summed E-state index contributed by atoms with van der Waals surface area (Å²) in [5.74, 6) is -2.78. The number of ether oxygens (including phenoxy) is 2. The molecule has 6 nitrogen and oxygen atoms in total. The predicted molar refractivity (Wildman–Crippen MR) is 74.1 cm³/mol. The zero-order chi connectivity index (χ0) is 15.6. The second-order valence-corrected chi connectivity index (χ2v) is 5.14. The van der Waals surface area contributed by atoms with Crippen LogP contribution in [0.25, 0.3) is 0 Å².